The molecule has 0 spiro atoms. The third-order valence-electron chi connectivity index (χ3n) is 2.73. The van der Waals surface area contributed by atoms with E-state index in [1.54, 1.807) is 7.05 Å². The first-order valence-corrected chi connectivity index (χ1v) is 5.94. The summed E-state index contributed by atoms with van der Waals surface area (Å²) in [5.74, 6) is -0.635. The number of nitrogens with zero attached hydrogens (tertiary/aromatic N) is 2. The molecule has 0 atom stereocenters. The van der Waals surface area contributed by atoms with E-state index < -0.39 is 10.9 Å². The molecule has 1 fully saturated rings. The summed E-state index contributed by atoms with van der Waals surface area (Å²) in [7, 11) is 1.60. The van der Waals surface area contributed by atoms with Crippen molar-refractivity contribution in [1.29, 1.82) is 5.41 Å². The minimum absolute atomic E-state index is 0. The van der Waals surface area contributed by atoms with Crippen LogP contribution in [0.3, 0.4) is 0 Å². The molecule has 0 radical (unpaired) electrons. The van der Waals surface area contributed by atoms with Crippen molar-refractivity contribution in [1.82, 2.24) is 9.88 Å². The number of guanidine groups is 1. The number of carboxylic acids is 1. The van der Waals surface area contributed by atoms with Gasteiger partial charge in [-0.15, -0.1) is 12.4 Å². The van der Waals surface area contributed by atoms with Crippen LogP contribution < -0.4 is 11.1 Å². The van der Waals surface area contributed by atoms with E-state index in [4.69, 9.17) is 16.2 Å². The molecule has 1 aromatic heterocycles. The van der Waals surface area contributed by atoms with Crippen LogP contribution in [0, 0.1) is 21.4 Å². The Morgan fingerprint density at radius 1 is 1.67 bits per heavy atom. The van der Waals surface area contributed by atoms with Gasteiger partial charge in [-0.25, -0.2) is 4.79 Å². The number of aromatic carboxylic acids is 1. The van der Waals surface area contributed by atoms with E-state index in [0.29, 0.717) is 12.5 Å². The highest BCUT2D eigenvalue weighted by atomic mass is 35.5. The summed E-state index contributed by atoms with van der Waals surface area (Å²) in [4.78, 5) is 20.7. The summed E-state index contributed by atoms with van der Waals surface area (Å²) >= 11 is 0. The molecule has 5 N–H and O–H groups in total. The predicted octanol–water partition coefficient (Wildman–Crippen LogP) is 1.03. The summed E-state index contributed by atoms with van der Waals surface area (Å²) in [6.45, 7) is 0.565. The molecule has 10 heteroatoms. The summed E-state index contributed by atoms with van der Waals surface area (Å²) < 4.78 is 1.46. The number of halogens is 1. The standard InChI is InChI=1S/C9H10N2O4.C2H7N3.ClH/c12-9(13)8-3-7(11(14)15)5-10(8)4-6-1-2-6;1-5-2(3)4;/h3,5-6H,1-2,4H2,(H,12,13);1H3,(H4,3,4,5);1H. The van der Waals surface area contributed by atoms with Crippen LogP contribution in [0.2, 0.25) is 0 Å². The van der Waals surface area contributed by atoms with Gasteiger partial charge >= 0.3 is 5.97 Å². The summed E-state index contributed by atoms with van der Waals surface area (Å²) in [5.41, 5.74) is 4.60. The highest BCUT2D eigenvalue weighted by Crippen LogP contribution is 2.32. The second kappa shape index (κ2) is 8.10. The number of hydrogen-bond donors (Lipinski definition) is 4. The van der Waals surface area contributed by atoms with E-state index in [1.807, 2.05) is 0 Å². The van der Waals surface area contributed by atoms with Crippen molar-refractivity contribution >= 4 is 30.0 Å². The summed E-state index contributed by atoms with van der Waals surface area (Å²) in [5, 5.41) is 28.1. The van der Waals surface area contributed by atoms with Gasteiger partial charge < -0.3 is 20.7 Å². The quantitative estimate of drug-likeness (QED) is 0.282. The van der Waals surface area contributed by atoms with Gasteiger partial charge in [0.25, 0.3) is 5.69 Å². The van der Waals surface area contributed by atoms with Crippen LogP contribution in [-0.4, -0.2) is 33.6 Å². The van der Waals surface area contributed by atoms with Crippen molar-refractivity contribution in [3.63, 3.8) is 0 Å². The van der Waals surface area contributed by atoms with Crippen LogP contribution in [0.25, 0.3) is 0 Å². The van der Waals surface area contributed by atoms with Crippen molar-refractivity contribution in [2.75, 3.05) is 7.05 Å². The Kier molecular flexibility index (Phi) is 7.22. The molecule has 21 heavy (non-hydrogen) atoms. The van der Waals surface area contributed by atoms with E-state index in [2.05, 4.69) is 5.32 Å². The molecule has 9 nitrogen and oxygen atoms in total. The lowest BCUT2D eigenvalue weighted by Gasteiger charge is -2.02. The molecule has 1 aliphatic carbocycles. The molecule has 1 saturated carbocycles. The van der Waals surface area contributed by atoms with Crippen LogP contribution in [0.1, 0.15) is 23.3 Å². The van der Waals surface area contributed by atoms with Gasteiger partial charge in [0.15, 0.2) is 5.96 Å². The van der Waals surface area contributed by atoms with Crippen molar-refractivity contribution in [2.45, 2.75) is 19.4 Å². The van der Waals surface area contributed by atoms with Crippen LogP contribution in [0.4, 0.5) is 5.69 Å². The van der Waals surface area contributed by atoms with E-state index in [-0.39, 0.29) is 29.7 Å². The molecule has 1 aromatic rings. The first-order valence-electron chi connectivity index (χ1n) is 5.94. The van der Waals surface area contributed by atoms with E-state index in [1.165, 1.54) is 10.8 Å². The highest BCUT2D eigenvalue weighted by Gasteiger charge is 2.26. The Bertz CT molecular complexity index is 527. The largest absolute Gasteiger partial charge is 0.477 e. The molecule has 2 rings (SSSR count). The molecule has 0 amide bonds. The topological polar surface area (TPSA) is 147 Å². The van der Waals surface area contributed by atoms with Crippen molar-refractivity contribution in [3.8, 4) is 0 Å². The third kappa shape index (κ3) is 6.13. The lowest BCUT2D eigenvalue weighted by atomic mass is 10.4. The predicted molar refractivity (Wildman–Crippen MR) is 79.0 cm³/mol. The number of nitrogens with one attached hydrogen (secondary N) is 2. The Morgan fingerprint density at radius 2 is 2.19 bits per heavy atom. The molecule has 118 valence electrons. The van der Waals surface area contributed by atoms with Crippen LogP contribution in [-0.2, 0) is 6.54 Å². The van der Waals surface area contributed by atoms with Gasteiger partial charge in [0.1, 0.15) is 5.69 Å². The van der Waals surface area contributed by atoms with Crippen molar-refractivity contribution in [2.24, 2.45) is 11.7 Å². The molecular weight excluding hydrogens is 302 g/mol. The van der Waals surface area contributed by atoms with Crippen molar-refractivity contribution in [3.05, 3.63) is 28.1 Å². The number of hydrogen-bond acceptors (Lipinski definition) is 4. The normalized spacial score (nSPS) is 12.4. The maximum absolute atomic E-state index is 10.8. The number of nitrogens with two attached hydrogens (primary N) is 1. The second-order valence-electron chi connectivity index (χ2n) is 4.41. The fourth-order valence-corrected chi connectivity index (χ4v) is 1.50. The maximum Gasteiger partial charge on any atom is 0.352 e. The first kappa shape index (κ1) is 18.7. The first-order chi connectivity index (χ1) is 9.35. The van der Waals surface area contributed by atoms with Gasteiger partial charge in [-0.3, -0.25) is 15.5 Å². The van der Waals surface area contributed by atoms with Gasteiger partial charge in [0, 0.05) is 19.7 Å². The fraction of sp³-hybridized carbons (Fsp3) is 0.455. The molecule has 0 saturated heterocycles. The fourth-order valence-electron chi connectivity index (χ4n) is 1.50. The summed E-state index contributed by atoms with van der Waals surface area (Å²) in [6, 6.07) is 1.10. The Labute approximate surface area is 127 Å². The average molecular weight is 320 g/mol. The molecule has 1 aliphatic rings. The zero-order valence-electron chi connectivity index (χ0n) is 11.4. The molecular formula is C11H18ClN5O4. The van der Waals surface area contributed by atoms with E-state index in [0.717, 1.165) is 18.9 Å². The number of carboxylic acid groups (broad SMARTS) is 1. The Balaban J connectivity index is 0.000000583. The molecule has 0 bridgehead atoms. The lowest BCUT2D eigenvalue weighted by Crippen LogP contribution is -2.25. The smallest absolute Gasteiger partial charge is 0.352 e. The Morgan fingerprint density at radius 3 is 2.52 bits per heavy atom. The third-order valence-corrected chi connectivity index (χ3v) is 2.73. The monoisotopic (exact) mass is 319 g/mol. The van der Waals surface area contributed by atoms with Gasteiger partial charge in [0.05, 0.1) is 11.1 Å². The highest BCUT2D eigenvalue weighted by molar-refractivity contribution is 5.86. The van der Waals surface area contributed by atoms with Gasteiger partial charge in [-0.05, 0) is 18.8 Å². The zero-order valence-corrected chi connectivity index (χ0v) is 12.2. The lowest BCUT2D eigenvalue weighted by molar-refractivity contribution is -0.384. The number of nitro groups is 1. The van der Waals surface area contributed by atoms with E-state index >= 15 is 0 Å². The van der Waals surface area contributed by atoms with Gasteiger partial charge in [-0.1, -0.05) is 0 Å². The van der Waals surface area contributed by atoms with Crippen molar-refractivity contribution < 1.29 is 14.8 Å². The zero-order chi connectivity index (χ0) is 15.3. The molecule has 1 heterocycles. The second-order valence-corrected chi connectivity index (χ2v) is 4.41. The van der Waals surface area contributed by atoms with Crippen LogP contribution >= 0.6 is 12.4 Å². The molecule has 0 aromatic carbocycles. The van der Waals surface area contributed by atoms with Gasteiger partial charge in [-0.2, -0.15) is 0 Å². The molecule has 0 aliphatic heterocycles. The maximum atomic E-state index is 10.8. The Hall–Kier alpha value is -2.29. The minimum Gasteiger partial charge on any atom is -0.477 e. The number of carbonyl (C=O) groups is 1. The van der Waals surface area contributed by atoms with E-state index in [9.17, 15) is 14.9 Å². The average Bonchev–Trinajstić information content (AvgIpc) is 3.06. The number of aromatic nitrogens is 1. The summed E-state index contributed by atoms with van der Waals surface area (Å²) in [6.07, 6.45) is 3.44. The SMILES string of the molecule is CNC(=N)N.Cl.O=C(O)c1cc([N+](=O)[O-])cn1CC1CC1. The minimum atomic E-state index is -1.12. The van der Waals surface area contributed by atoms with Gasteiger partial charge in [0.2, 0.25) is 0 Å². The van der Waals surface area contributed by atoms with Crippen LogP contribution in [0.15, 0.2) is 12.3 Å². The number of rotatable bonds is 4. The molecule has 0 unspecified atom stereocenters. The van der Waals surface area contributed by atoms with Crippen LogP contribution in [0.5, 0.6) is 0 Å².